The molecule has 0 aliphatic heterocycles. The Morgan fingerprint density at radius 2 is 0.612 bits per heavy atom. The first-order valence-corrected chi connectivity index (χ1v) is 22.5. The first-order chi connectivity index (χ1) is 36.3. The van der Waals surface area contributed by atoms with E-state index in [1.54, 1.807) is 30.3 Å². The monoisotopic (exact) mass is 878 g/mol. The molecular weight excluding hydrogens is 805 g/mol. The molecule has 0 saturated carbocycles. The Hall–Kier alpha value is -7.80. The molecule has 0 heterocycles. The molecule has 10 aromatic rings. The van der Waals surface area contributed by atoms with E-state index >= 15 is 0 Å². The molecule has 0 N–H and O–H groups in total. The molecule has 0 aromatic heterocycles. The molecule has 0 amide bonds. The molecule has 332 valence electrons. The summed E-state index contributed by atoms with van der Waals surface area (Å²) in [4.78, 5) is 0. The van der Waals surface area contributed by atoms with Crippen molar-refractivity contribution >= 4 is 0 Å². The van der Waals surface area contributed by atoms with E-state index in [1.807, 2.05) is 147 Å². The van der Waals surface area contributed by atoms with Crippen molar-refractivity contribution in [3.63, 3.8) is 0 Å². The lowest BCUT2D eigenvalue weighted by molar-refractivity contribution is 1.34. The Labute approximate surface area is 414 Å². The van der Waals surface area contributed by atoms with Crippen molar-refractivity contribution < 1.29 is 12.3 Å². The van der Waals surface area contributed by atoms with E-state index in [9.17, 15) is 0 Å². The zero-order chi connectivity index (χ0) is 54.7. The van der Waals surface area contributed by atoms with E-state index in [0.29, 0.717) is 16.7 Å². The van der Waals surface area contributed by atoms with Gasteiger partial charge >= 0.3 is 0 Å². The van der Waals surface area contributed by atoms with Gasteiger partial charge in [0.15, 0.2) is 0 Å². The van der Waals surface area contributed by atoms with E-state index in [0.717, 1.165) is 44.5 Å². The molecule has 0 aliphatic rings. The quantitative estimate of drug-likeness (QED) is 0.162. The fourth-order valence-electron chi connectivity index (χ4n) is 7.34. The summed E-state index contributed by atoms with van der Waals surface area (Å²) in [6.07, 6.45) is 0. The summed E-state index contributed by atoms with van der Waals surface area (Å²) in [5, 5.41) is 0. The second-order valence-corrected chi connectivity index (χ2v) is 16.2. The van der Waals surface area contributed by atoms with Crippen LogP contribution in [-0.4, -0.2) is 0 Å². The summed E-state index contributed by atoms with van der Waals surface area (Å²) < 4.78 is 66.2. The van der Waals surface area contributed by atoms with Crippen molar-refractivity contribution in [2.75, 3.05) is 0 Å². The lowest BCUT2D eigenvalue weighted by atomic mass is 9.99. The van der Waals surface area contributed by atoms with Gasteiger partial charge in [-0.2, -0.15) is 0 Å². The van der Waals surface area contributed by atoms with Crippen molar-refractivity contribution in [1.82, 2.24) is 0 Å². The van der Waals surface area contributed by atoms with Crippen LogP contribution in [0.25, 0.3) is 55.6 Å². The summed E-state index contributed by atoms with van der Waals surface area (Å²) >= 11 is 0. The van der Waals surface area contributed by atoms with Gasteiger partial charge < -0.3 is 0 Å². The Balaban J connectivity index is 0.000000155. The molecule has 0 nitrogen and oxygen atoms in total. The second-order valence-electron chi connectivity index (χ2n) is 16.2. The highest BCUT2D eigenvalue weighted by molar-refractivity contribution is 5.69. The van der Waals surface area contributed by atoms with Gasteiger partial charge in [0.25, 0.3) is 0 Å². The third kappa shape index (κ3) is 15.4. The average Bonchev–Trinajstić information content (AvgIpc) is 3.42. The van der Waals surface area contributed by atoms with Crippen LogP contribution in [-0.2, 0) is 0 Å². The average molecular weight is 878 g/mol. The van der Waals surface area contributed by atoms with Crippen LogP contribution in [0.5, 0.6) is 0 Å². The van der Waals surface area contributed by atoms with Crippen LogP contribution in [0.3, 0.4) is 0 Å². The summed E-state index contributed by atoms with van der Waals surface area (Å²) in [6.45, 7) is 1.97. The zero-order valence-corrected chi connectivity index (χ0v) is 38.8. The van der Waals surface area contributed by atoms with Gasteiger partial charge in [-0.25, -0.2) is 0 Å². The normalized spacial score (nSPS) is 12.6. The van der Waals surface area contributed by atoms with Crippen LogP contribution >= 0.6 is 0 Å². The SMILES string of the molecule is Cc1cccc(-c2ccccc2)c1.Cc1ccccc1-c1ccccc1.[2H]C([2H])([2H])c1ccc(-c2ccccc2)c(C)c1.[2H]C([2H])([2H])c1ccc(-c2ccccc2)cc1.[2H]C([2H])([2H])c1ccc(-c2ccccc2)cc1C. The molecule has 0 spiro atoms. The van der Waals surface area contributed by atoms with Crippen LogP contribution in [0, 0.1) is 48.3 Å². The molecule has 0 saturated heterocycles. The fraction of sp³-hybridized carbons (Fsp3) is 0.104. The first-order valence-electron chi connectivity index (χ1n) is 27.0. The molecule has 0 aliphatic carbocycles. The Morgan fingerprint density at radius 1 is 0.209 bits per heavy atom. The highest BCUT2D eigenvalue weighted by Crippen LogP contribution is 2.25. The predicted octanol–water partition coefficient (Wildman–Crippen LogP) is 18.9. The van der Waals surface area contributed by atoms with E-state index in [-0.39, 0.29) is 0 Å². The topological polar surface area (TPSA) is 0 Å². The summed E-state index contributed by atoms with van der Waals surface area (Å²) in [6, 6.07) is 85.6. The van der Waals surface area contributed by atoms with Gasteiger partial charge in [-0.1, -0.05) is 278 Å². The molecule has 0 radical (unpaired) electrons. The summed E-state index contributed by atoms with van der Waals surface area (Å²) in [7, 11) is 0. The number of aryl methyl sites for hydroxylation is 7. The van der Waals surface area contributed by atoms with Crippen LogP contribution in [0.1, 0.15) is 51.3 Å². The molecule has 0 unspecified atom stereocenters. The van der Waals surface area contributed by atoms with E-state index in [4.69, 9.17) is 12.3 Å². The molecule has 10 rings (SSSR count). The van der Waals surface area contributed by atoms with Gasteiger partial charge in [0.05, 0.1) is 0 Å². The Kier molecular flexibility index (Phi) is 14.3. The fourth-order valence-corrected chi connectivity index (χ4v) is 7.34. The first kappa shape index (κ1) is 37.4. The number of rotatable bonds is 5. The van der Waals surface area contributed by atoms with Gasteiger partial charge in [0.1, 0.15) is 0 Å². The number of hydrogen-bond donors (Lipinski definition) is 0. The summed E-state index contributed by atoms with van der Waals surface area (Å²) in [5.74, 6) is 0. The lowest BCUT2D eigenvalue weighted by Crippen LogP contribution is -1.83. The van der Waals surface area contributed by atoms with Gasteiger partial charge in [-0.3, -0.25) is 0 Å². The third-order valence-electron chi connectivity index (χ3n) is 11.0. The van der Waals surface area contributed by atoms with E-state index in [1.165, 1.54) is 33.4 Å². The van der Waals surface area contributed by atoms with Crippen LogP contribution in [0.4, 0.5) is 0 Å². The van der Waals surface area contributed by atoms with Crippen molar-refractivity contribution in [1.29, 1.82) is 0 Å². The molecule has 10 aromatic carbocycles. The maximum atomic E-state index is 7.42. The largest absolute Gasteiger partial charge is 0.0622 e. The maximum Gasteiger partial charge on any atom is 0.0280 e. The molecule has 67 heavy (non-hydrogen) atoms. The van der Waals surface area contributed by atoms with Crippen LogP contribution in [0.15, 0.2) is 261 Å². The third-order valence-corrected chi connectivity index (χ3v) is 11.0. The van der Waals surface area contributed by atoms with Crippen molar-refractivity contribution in [3.05, 3.63) is 300 Å². The van der Waals surface area contributed by atoms with Crippen LogP contribution < -0.4 is 0 Å². The van der Waals surface area contributed by atoms with Crippen molar-refractivity contribution in [2.45, 2.75) is 48.3 Å². The number of hydrogen-bond acceptors (Lipinski definition) is 0. The standard InChI is InChI=1S/2C14H14.3C13H12/c1-11-8-9-14(10-12(11)2)13-6-4-3-5-7-13;1-11-8-9-14(12(2)10-11)13-6-4-3-5-7-13;1-11-7-5-6-10-13(11)12-8-3-2-4-9-12;1-11-6-5-9-13(10-11)12-7-3-2-4-8-12;1-11-7-9-13(10-8-11)12-5-3-2-4-6-12/h2*3-10H,1-2H3;3*2-10H,1H3/i2*1D3;;;1D3. The van der Waals surface area contributed by atoms with Gasteiger partial charge in [0, 0.05) is 12.3 Å². The summed E-state index contributed by atoms with van der Waals surface area (Å²) in [5.41, 5.74) is 17.3. The Bertz CT molecular complexity index is 3310. The molecule has 0 atom stereocenters. The minimum atomic E-state index is -2.03. The van der Waals surface area contributed by atoms with Crippen molar-refractivity contribution in [3.8, 4) is 55.6 Å². The molecule has 0 heteroatoms. The van der Waals surface area contributed by atoms with E-state index < -0.39 is 20.6 Å². The second kappa shape index (κ2) is 25.6. The maximum absolute atomic E-state index is 7.42. The highest BCUT2D eigenvalue weighted by Gasteiger charge is 2.02. The highest BCUT2D eigenvalue weighted by atomic mass is 14.1. The Morgan fingerprint density at radius 3 is 1.07 bits per heavy atom. The van der Waals surface area contributed by atoms with Gasteiger partial charge in [-0.05, 0) is 126 Å². The van der Waals surface area contributed by atoms with E-state index in [2.05, 4.69) is 111 Å². The molecular formula is C67H64. The molecule has 0 fully saturated rings. The predicted molar refractivity (Wildman–Crippen MR) is 293 cm³/mol. The zero-order valence-electron chi connectivity index (χ0n) is 47.8. The van der Waals surface area contributed by atoms with Gasteiger partial charge in [0.2, 0.25) is 0 Å². The lowest BCUT2D eigenvalue weighted by Gasteiger charge is -2.06. The van der Waals surface area contributed by atoms with Crippen molar-refractivity contribution in [2.24, 2.45) is 0 Å². The van der Waals surface area contributed by atoms with Gasteiger partial charge in [-0.15, -0.1) is 0 Å². The molecule has 0 bridgehead atoms. The van der Waals surface area contributed by atoms with Crippen LogP contribution in [0.2, 0.25) is 0 Å². The minimum absolute atomic E-state index is 0.382. The smallest absolute Gasteiger partial charge is 0.0280 e. The number of benzene rings is 10. The minimum Gasteiger partial charge on any atom is -0.0622 e.